The zero-order valence-electron chi connectivity index (χ0n) is 17.6. The van der Waals surface area contributed by atoms with Gasteiger partial charge in [0.2, 0.25) is 0 Å². The zero-order chi connectivity index (χ0) is 23.6. The van der Waals surface area contributed by atoms with Gasteiger partial charge >= 0.3 is 6.18 Å². The number of nitrogens with one attached hydrogen (secondary N) is 2. The van der Waals surface area contributed by atoms with Crippen LogP contribution in [0.25, 0.3) is 10.4 Å². The highest BCUT2D eigenvalue weighted by atomic mass is 32.2. The number of nitrogens with zero attached hydrogens (tertiary/aromatic N) is 3. The Morgan fingerprint density at radius 3 is 2.66 bits per heavy atom. The van der Waals surface area contributed by atoms with Gasteiger partial charge in [-0.25, -0.2) is 4.98 Å². The summed E-state index contributed by atoms with van der Waals surface area (Å²) in [5.74, 6) is 0. The molecular weight excluding hydrogens is 459 g/mol. The molecule has 0 aliphatic heterocycles. The van der Waals surface area contributed by atoms with E-state index in [-0.39, 0.29) is 5.01 Å². The van der Waals surface area contributed by atoms with Gasteiger partial charge in [0.1, 0.15) is 0 Å². The summed E-state index contributed by atoms with van der Waals surface area (Å²) in [5, 5.41) is 4.09. The number of thiazole rings is 1. The minimum absolute atomic E-state index is 0.220. The number of carbonyl (C=O) groups excluding carboxylic acids is 1. The van der Waals surface area contributed by atoms with Gasteiger partial charge < -0.3 is 10.0 Å². The van der Waals surface area contributed by atoms with Crippen LogP contribution in [0.15, 0.2) is 54.1 Å². The molecule has 0 spiro atoms. The summed E-state index contributed by atoms with van der Waals surface area (Å²) >= 11 is 2.80. The van der Waals surface area contributed by atoms with Crippen LogP contribution in [-0.4, -0.2) is 47.9 Å². The number of allylic oxidation sites excluding steroid dienone is 1. The number of aldehydes is 1. The first-order valence-corrected chi connectivity index (χ1v) is 11.3. The Kier molecular flexibility index (Phi) is 10.1. The van der Waals surface area contributed by atoms with Crippen molar-refractivity contribution in [2.75, 3.05) is 20.6 Å². The van der Waals surface area contributed by atoms with Crippen molar-refractivity contribution in [3.05, 3.63) is 59.7 Å². The number of pyridine rings is 1. The SMILES string of the molecule is C=C/C(=C\C(CNC)=NC)NSC1CC1.O=Cc1ncc(-c2cncc(C(F)(F)F)c2)s1. The van der Waals surface area contributed by atoms with Crippen LogP contribution in [0.2, 0.25) is 0 Å². The molecule has 172 valence electrons. The Hall–Kier alpha value is -2.50. The second-order valence-electron chi connectivity index (χ2n) is 6.61. The molecule has 0 aromatic carbocycles. The Balaban J connectivity index is 0.000000229. The first kappa shape index (κ1) is 25.8. The molecular formula is C21H24F3N5OS2. The summed E-state index contributed by atoms with van der Waals surface area (Å²) in [6, 6.07) is 0.981. The van der Waals surface area contributed by atoms with E-state index in [1.54, 1.807) is 19.0 Å². The first-order valence-electron chi connectivity index (χ1n) is 9.60. The van der Waals surface area contributed by atoms with Gasteiger partial charge in [0.05, 0.1) is 16.2 Å². The molecule has 0 radical (unpaired) electrons. The lowest BCUT2D eigenvalue weighted by atomic mass is 10.2. The largest absolute Gasteiger partial charge is 0.417 e. The van der Waals surface area contributed by atoms with Gasteiger partial charge in [0.25, 0.3) is 0 Å². The van der Waals surface area contributed by atoms with Crippen LogP contribution in [0.3, 0.4) is 0 Å². The molecule has 0 bridgehead atoms. The normalized spacial score (nSPS) is 14.4. The van der Waals surface area contributed by atoms with Crippen LogP contribution in [0.1, 0.15) is 28.2 Å². The van der Waals surface area contributed by atoms with Gasteiger partial charge in [0.15, 0.2) is 11.3 Å². The second kappa shape index (κ2) is 12.5. The van der Waals surface area contributed by atoms with Gasteiger partial charge in [0, 0.05) is 48.7 Å². The Bertz CT molecular complexity index is 968. The maximum absolute atomic E-state index is 12.4. The number of carbonyl (C=O) groups is 1. The monoisotopic (exact) mass is 483 g/mol. The average molecular weight is 484 g/mol. The molecule has 32 heavy (non-hydrogen) atoms. The predicted octanol–water partition coefficient (Wildman–Crippen LogP) is 4.78. The molecule has 1 fully saturated rings. The van der Waals surface area contributed by atoms with Gasteiger partial charge in [-0.15, -0.1) is 11.3 Å². The van der Waals surface area contributed by atoms with E-state index in [4.69, 9.17) is 0 Å². The first-order chi connectivity index (χ1) is 15.3. The van der Waals surface area contributed by atoms with E-state index >= 15 is 0 Å². The van der Waals surface area contributed by atoms with E-state index < -0.39 is 11.7 Å². The Labute approximate surface area is 193 Å². The molecule has 2 aromatic heterocycles. The van der Waals surface area contributed by atoms with Crippen molar-refractivity contribution in [3.63, 3.8) is 0 Å². The summed E-state index contributed by atoms with van der Waals surface area (Å²) in [7, 11) is 3.72. The minimum atomic E-state index is -4.43. The highest BCUT2D eigenvalue weighted by Gasteiger charge is 2.31. The third kappa shape index (κ3) is 8.56. The number of alkyl halides is 3. The lowest BCUT2D eigenvalue weighted by Crippen LogP contribution is -2.18. The van der Waals surface area contributed by atoms with Gasteiger partial charge in [-0.05, 0) is 50.1 Å². The van der Waals surface area contributed by atoms with Crippen molar-refractivity contribution in [1.82, 2.24) is 20.0 Å². The molecule has 2 heterocycles. The van der Waals surface area contributed by atoms with Gasteiger partial charge in [-0.3, -0.25) is 14.8 Å². The number of aliphatic imine (C=N–C) groups is 1. The number of hydrogen-bond acceptors (Lipinski definition) is 8. The third-order valence-corrected chi connectivity index (χ3v) is 6.16. The molecule has 0 amide bonds. The van der Waals surface area contributed by atoms with Crippen LogP contribution in [0.4, 0.5) is 13.2 Å². The van der Waals surface area contributed by atoms with Gasteiger partial charge in [-0.1, -0.05) is 6.58 Å². The zero-order valence-corrected chi connectivity index (χ0v) is 19.3. The summed E-state index contributed by atoms with van der Waals surface area (Å²) in [6.45, 7) is 4.57. The lowest BCUT2D eigenvalue weighted by Gasteiger charge is -2.06. The van der Waals surface area contributed by atoms with E-state index in [9.17, 15) is 18.0 Å². The van der Waals surface area contributed by atoms with E-state index in [1.165, 1.54) is 25.2 Å². The number of aromatic nitrogens is 2. The van der Waals surface area contributed by atoms with Crippen molar-refractivity contribution in [2.45, 2.75) is 24.3 Å². The molecule has 11 heteroatoms. The summed E-state index contributed by atoms with van der Waals surface area (Å²) in [6.07, 6.45) is 6.04. The Morgan fingerprint density at radius 1 is 1.38 bits per heavy atom. The molecule has 1 saturated carbocycles. The van der Waals surface area contributed by atoms with E-state index in [1.807, 2.05) is 19.2 Å². The third-order valence-electron chi connectivity index (χ3n) is 4.03. The summed E-state index contributed by atoms with van der Waals surface area (Å²) in [4.78, 5) is 22.4. The maximum Gasteiger partial charge on any atom is 0.417 e. The van der Waals surface area contributed by atoms with Crippen LogP contribution in [0.5, 0.6) is 0 Å². The molecule has 1 aliphatic carbocycles. The fourth-order valence-corrected chi connectivity index (χ4v) is 3.76. The van der Waals surface area contributed by atoms with Crippen LogP contribution in [-0.2, 0) is 6.18 Å². The van der Waals surface area contributed by atoms with E-state index in [0.717, 1.165) is 46.8 Å². The van der Waals surface area contributed by atoms with E-state index in [2.05, 4.69) is 31.6 Å². The molecule has 2 aromatic rings. The quantitative estimate of drug-likeness (QED) is 0.231. The smallest absolute Gasteiger partial charge is 0.329 e. The highest BCUT2D eigenvalue weighted by molar-refractivity contribution is 7.98. The van der Waals surface area contributed by atoms with Crippen LogP contribution >= 0.6 is 23.3 Å². The molecule has 3 rings (SSSR count). The number of hydrogen-bond donors (Lipinski definition) is 2. The van der Waals surface area contributed by atoms with E-state index in [0.29, 0.717) is 16.7 Å². The topological polar surface area (TPSA) is 79.3 Å². The molecule has 0 atom stereocenters. The molecule has 2 N–H and O–H groups in total. The van der Waals surface area contributed by atoms with Crippen molar-refractivity contribution in [3.8, 4) is 10.4 Å². The van der Waals surface area contributed by atoms with Crippen molar-refractivity contribution < 1.29 is 18.0 Å². The fourth-order valence-electron chi connectivity index (χ4n) is 2.23. The van der Waals surface area contributed by atoms with Crippen molar-refractivity contribution in [1.29, 1.82) is 0 Å². The number of halogens is 3. The predicted molar refractivity (Wildman–Crippen MR) is 125 cm³/mol. The molecule has 0 unspecified atom stereocenters. The second-order valence-corrected chi connectivity index (χ2v) is 8.78. The standard InChI is InChI=1S/C11H19N3S.C10H5F3N2OS/c1-4-9(14-15-11-5-6-11)7-10(13-3)8-12-2;11-10(12,13)7-1-6(2-14-3-7)8-4-15-9(5-16)17-8/h4,7,11-12,14H,1,5-6,8H2,2-3H3;1-5H/b9-7+,13-10?;. The van der Waals surface area contributed by atoms with Crippen molar-refractivity contribution in [2.24, 2.45) is 4.99 Å². The fraction of sp³-hybridized carbons (Fsp3) is 0.333. The van der Waals surface area contributed by atoms with Crippen LogP contribution in [0, 0.1) is 0 Å². The maximum atomic E-state index is 12.4. The highest BCUT2D eigenvalue weighted by Crippen LogP contribution is 2.33. The molecule has 1 aliphatic rings. The van der Waals surface area contributed by atoms with Gasteiger partial charge in [-0.2, -0.15) is 13.2 Å². The summed E-state index contributed by atoms with van der Waals surface area (Å²) < 4.78 is 40.6. The Morgan fingerprint density at radius 2 is 2.12 bits per heavy atom. The average Bonchev–Trinajstić information content (AvgIpc) is 3.49. The van der Waals surface area contributed by atoms with Crippen molar-refractivity contribution >= 4 is 35.3 Å². The number of rotatable bonds is 9. The lowest BCUT2D eigenvalue weighted by molar-refractivity contribution is -0.137. The minimum Gasteiger partial charge on any atom is -0.329 e. The molecule has 0 saturated heterocycles. The van der Waals surface area contributed by atoms with Crippen LogP contribution < -0.4 is 10.0 Å². The summed E-state index contributed by atoms with van der Waals surface area (Å²) in [5.41, 5.74) is 1.53. The molecule has 6 nitrogen and oxygen atoms in total.